The number of rotatable bonds is 4. The highest BCUT2D eigenvalue weighted by Crippen LogP contribution is 2.70. The highest BCUT2D eigenvalue weighted by molar-refractivity contribution is 5.94. The van der Waals surface area contributed by atoms with Crippen LogP contribution in [-0.4, -0.2) is 15.0 Å². The van der Waals surface area contributed by atoms with Gasteiger partial charge in [-0.05, 0) is 101 Å². The van der Waals surface area contributed by atoms with Gasteiger partial charge in [0.05, 0.1) is 11.6 Å². The zero-order chi connectivity index (χ0) is 31.8. The SMILES string of the molecule is N#Cc1ccc2c(c1)-c1c(-c3ccc(-c4nc(-c5ccccc5)nc(-c5ccccc5)n4)cc3)cccc1C21C2CC3CC(C2)CC1C3. The van der Waals surface area contributed by atoms with Crippen molar-refractivity contribution in [3.63, 3.8) is 0 Å². The van der Waals surface area contributed by atoms with Gasteiger partial charge in [-0.1, -0.05) is 109 Å². The Labute approximate surface area is 281 Å². The molecule has 11 rings (SSSR count). The number of benzene rings is 5. The summed E-state index contributed by atoms with van der Waals surface area (Å²) in [5, 5.41) is 9.96. The number of nitrogens with zero attached hydrogens (tertiary/aromatic N) is 4. The van der Waals surface area contributed by atoms with Gasteiger partial charge >= 0.3 is 0 Å². The highest BCUT2D eigenvalue weighted by Gasteiger charge is 2.61. The summed E-state index contributed by atoms with van der Waals surface area (Å²) < 4.78 is 0. The molecule has 5 aliphatic carbocycles. The minimum absolute atomic E-state index is 0.0641. The average Bonchev–Trinajstić information content (AvgIpc) is 3.44. The molecule has 48 heavy (non-hydrogen) atoms. The summed E-state index contributed by atoms with van der Waals surface area (Å²) in [6.45, 7) is 0. The molecule has 5 aromatic carbocycles. The van der Waals surface area contributed by atoms with Crippen molar-refractivity contribution in [3.8, 4) is 62.5 Å². The third kappa shape index (κ3) is 4.04. The molecule has 0 N–H and O–H groups in total. The standard InChI is InChI=1S/C44H34N4/c45-26-27-14-19-38-37(25-27)40-36(12-7-13-39(40)44(38)34-21-28-20-29(23-34)24-35(44)22-28)30-15-17-33(18-16-30)43-47-41(31-8-3-1-4-9-31)46-42(48-43)32-10-5-2-6-11-32/h1-19,25,28-29,34-35H,20-24H2. The minimum Gasteiger partial charge on any atom is -0.208 e. The third-order valence-electron chi connectivity index (χ3n) is 12.0. The molecule has 4 saturated carbocycles. The van der Waals surface area contributed by atoms with Crippen LogP contribution >= 0.6 is 0 Å². The number of hydrogen-bond acceptors (Lipinski definition) is 4. The van der Waals surface area contributed by atoms with E-state index in [-0.39, 0.29) is 5.41 Å². The fourth-order valence-electron chi connectivity index (χ4n) is 10.3. The molecule has 1 heterocycles. The molecule has 230 valence electrons. The third-order valence-corrected chi connectivity index (χ3v) is 12.0. The zero-order valence-electron chi connectivity index (χ0n) is 26.7. The van der Waals surface area contributed by atoms with E-state index in [1.165, 1.54) is 65.5 Å². The second-order valence-electron chi connectivity index (χ2n) is 14.4. The van der Waals surface area contributed by atoms with Crippen molar-refractivity contribution >= 4 is 0 Å². The topological polar surface area (TPSA) is 62.5 Å². The molecule has 0 atom stereocenters. The van der Waals surface area contributed by atoms with Crippen LogP contribution in [0.1, 0.15) is 48.8 Å². The summed E-state index contributed by atoms with van der Waals surface area (Å²) in [5.74, 6) is 5.12. The van der Waals surface area contributed by atoms with E-state index in [1.54, 1.807) is 0 Å². The average molecular weight is 619 g/mol. The number of hydrogen-bond donors (Lipinski definition) is 0. The first kappa shape index (κ1) is 27.7. The quantitative estimate of drug-likeness (QED) is 0.197. The first-order valence-electron chi connectivity index (χ1n) is 17.3. The number of fused-ring (bicyclic) bond motifs is 3. The lowest BCUT2D eigenvalue weighted by atomic mass is 9.43. The Bertz CT molecular complexity index is 2160. The molecule has 4 fully saturated rings. The maximum Gasteiger partial charge on any atom is 0.164 e. The molecule has 0 radical (unpaired) electrons. The van der Waals surface area contributed by atoms with E-state index in [0.717, 1.165) is 34.1 Å². The lowest BCUT2D eigenvalue weighted by Crippen LogP contribution is -2.55. The predicted molar refractivity (Wildman–Crippen MR) is 190 cm³/mol. The Morgan fingerprint density at radius 3 is 1.60 bits per heavy atom. The van der Waals surface area contributed by atoms with E-state index in [2.05, 4.69) is 66.7 Å². The van der Waals surface area contributed by atoms with Crippen molar-refractivity contribution in [1.29, 1.82) is 5.26 Å². The van der Waals surface area contributed by atoms with Crippen LogP contribution in [0, 0.1) is 35.0 Å². The minimum atomic E-state index is 0.0641. The van der Waals surface area contributed by atoms with E-state index < -0.39 is 0 Å². The molecule has 6 aromatic rings. The van der Waals surface area contributed by atoms with E-state index in [9.17, 15) is 5.26 Å². The van der Waals surface area contributed by atoms with Gasteiger partial charge in [-0.3, -0.25) is 0 Å². The number of aromatic nitrogens is 3. The Morgan fingerprint density at radius 2 is 1.04 bits per heavy atom. The highest BCUT2D eigenvalue weighted by atomic mass is 15.0. The molecule has 4 nitrogen and oxygen atoms in total. The summed E-state index contributed by atoms with van der Waals surface area (Å²) >= 11 is 0. The molecule has 5 aliphatic rings. The number of nitriles is 1. The molecule has 1 aromatic heterocycles. The fraction of sp³-hybridized carbons (Fsp3) is 0.227. The van der Waals surface area contributed by atoms with Crippen molar-refractivity contribution in [2.75, 3.05) is 0 Å². The molecular formula is C44H34N4. The van der Waals surface area contributed by atoms with Crippen LogP contribution in [-0.2, 0) is 5.41 Å². The Balaban J connectivity index is 1.10. The van der Waals surface area contributed by atoms with Crippen molar-refractivity contribution < 1.29 is 0 Å². The molecule has 0 aliphatic heterocycles. The second kappa shape index (κ2) is 10.6. The maximum atomic E-state index is 9.96. The van der Waals surface area contributed by atoms with Crippen molar-refractivity contribution in [2.24, 2.45) is 23.7 Å². The van der Waals surface area contributed by atoms with Crippen molar-refractivity contribution in [3.05, 3.63) is 138 Å². The van der Waals surface area contributed by atoms with Crippen LogP contribution < -0.4 is 0 Å². The van der Waals surface area contributed by atoms with Crippen LogP contribution in [0.15, 0.2) is 121 Å². The molecular weight excluding hydrogens is 585 g/mol. The zero-order valence-corrected chi connectivity index (χ0v) is 26.7. The molecule has 0 amide bonds. The van der Waals surface area contributed by atoms with Gasteiger partial charge in [0.25, 0.3) is 0 Å². The first-order chi connectivity index (χ1) is 23.7. The summed E-state index contributed by atoms with van der Waals surface area (Å²) in [4.78, 5) is 14.8. The molecule has 4 heteroatoms. The van der Waals surface area contributed by atoms with Crippen molar-refractivity contribution in [2.45, 2.75) is 37.5 Å². The van der Waals surface area contributed by atoms with E-state index >= 15 is 0 Å². The van der Waals surface area contributed by atoms with Gasteiger partial charge in [0.15, 0.2) is 17.5 Å². The van der Waals surface area contributed by atoms with Crippen molar-refractivity contribution in [1.82, 2.24) is 15.0 Å². The van der Waals surface area contributed by atoms with Crippen LogP contribution in [0.5, 0.6) is 0 Å². The lowest BCUT2D eigenvalue weighted by molar-refractivity contribution is -0.0399. The van der Waals surface area contributed by atoms with Crippen LogP contribution in [0.2, 0.25) is 0 Å². The summed E-state index contributed by atoms with van der Waals surface area (Å²) in [6.07, 6.45) is 6.79. The Hall–Kier alpha value is -5.40. The van der Waals surface area contributed by atoms with Gasteiger partial charge in [-0.15, -0.1) is 0 Å². The Morgan fingerprint density at radius 1 is 0.500 bits per heavy atom. The molecule has 0 unspecified atom stereocenters. The van der Waals surface area contributed by atoms with Gasteiger partial charge in [0.1, 0.15) is 0 Å². The molecule has 0 saturated heterocycles. The van der Waals surface area contributed by atoms with Crippen LogP contribution in [0.25, 0.3) is 56.4 Å². The van der Waals surface area contributed by atoms with E-state index in [1.807, 2.05) is 60.7 Å². The predicted octanol–water partition coefficient (Wildman–Crippen LogP) is 10.1. The molecule has 1 spiro atoms. The normalized spacial score (nSPS) is 24.3. The van der Waals surface area contributed by atoms with Gasteiger partial charge in [-0.25, -0.2) is 15.0 Å². The fourth-order valence-corrected chi connectivity index (χ4v) is 10.3. The maximum absolute atomic E-state index is 9.96. The van der Waals surface area contributed by atoms with Crippen LogP contribution in [0.4, 0.5) is 0 Å². The first-order valence-corrected chi connectivity index (χ1v) is 17.3. The lowest BCUT2D eigenvalue weighted by Gasteiger charge is -2.61. The van der Waals surface area contributed by atoms with Gasteiger partial charge in [0, 0.05) is 22.1 Å². The monoisotopic (exact) mass is 618 g/mol. The van der Waals surface area contributed by atoms with E-state index in [0.29, 0.717) is 29.3 Å². The summed E-state index contributed by atoms with van der Waals surface area (Å²) in [5.41, 5.74) is 11.7. The smallest absolute Gasteiger partial charge is 0.164 e. The van der Waals surface area contributed by atoms with Crippen LogP contribution in [0.3, 0.4) is 0 Å². The van der Waals surface area contributed by atoms with E-state index in [4.69, 9.17) is 15.0 Å². The van der Waals surface area contributed by atoms with Gasteiger partial charge < -0.3 is 0 Å². The van der Waals surface area contributed by atoms with Gasteiger partial charge in [0.2, 0.25) is 0 Å². The Kier molecular flexibility index (Phi) is 6.09. The van der Waals surface area contributed by atoms with Gasteiger partial charge in [-0.2, -0.15) is 5.26 Å². The molecule has 4 bridgehead atoms. The summed E-state index contributed by atoms with van der Waals surface area (Å²) in [6, 6.07) is 44.9. The second-order valence-corrected chi connectivity index (χ2v) is 14.4. The summed E-state index contributed by atoms with van der Waals surface area (Å²) in [7, 11) is 0. The largest absolute Gasteiger partial charge is 0.208 e.